The van der Waals surface area contributed by atoms with E-state index in [1.165, 1.54) is 32.2 Å². The number of anilines is 1. The second-order valence-electron chi connectivity index (χ2n) is 7.54. The van der Waals surface area contributed by atoms with Gasteiger partial charge in [-0.2, -0.15) is 0 Å². The Morgan fingerprint density at radius 3 is 2.75 bits per heavy atom. The second kappa shape index (κ2) is 6.61. The quantitative estimate of drug-likeness (QED) is 0.480. The zero-order valence-electron chi connectivity index (χ0n) is 15.6. The van der Waals surface area contributed by atoms with Crippen LogP contribution >= 0.6 is 0 Å². The topological polar surface area (TPSA) is 108 Å². The summed E-state index contributed by atoms with van der Waals surface area (Å²) in [5, 5.41) is 16.0. The molecule has 3 heterocycles. The number of hydrogen-bond donors (Lipinski definition) is 3. The molecule has 0 bridgehead atoms. The summed E-state index contributed by atoms with van der Waals surface area (Å²) in [6.45, 7) is 2.04. The summed E-state index contributed by atoms with van der Waals surface area (Å²) < 4.78 is 19.0. The molecule has 2 saturated heterocycles. The van der Waals surface area contributed by atoms with Gasteiger partial charge >= 0.3 is 0 Å². The minimum Gasteiger partial charge on any atom is -0.392 e. The van der Waals surface area contributed by atoms with Crippen molar-refractivity contribution < 1.29 is 28.6 Å². The van der Waals surface area contributed by atoms with Crippen LogP contribution in [0.15, 0.2) is 18.2 Å². The Bertz CT molecular complexity index is 860. The van der Waals surface area contributed by atoms with Crippen molar-refractivity contribution in [1.82, 2.24) is 10.2 Å². The summed E-state index contributed by atoms with van der Waals surface area (Å²) in [5.74, 6) is -3.96. The number of nitrogens with one attached hydrogen (secondary N) is 2. The van der Waals surface area contributed by atoms with E-state index in [0.717, 1.165) is 4.90 Å². The van der Waals surface area contributed by atoms with E-state index in [1.54, 1.807) is 0 Å². The molecule has 1 spiro atoms. The van der Waals surface area contributed by atoms with Crippen LogP contribution in [0.2, 0.25) is 0 Å². The number of imide groups is 1. The fourth-order valence-corrected chi connectivity index (χ4v) is 4.77. The molecule has 1 aromatic rings. The Kier molecular flexibility index (Phi) is 4.48. The maximum absolute atomic E-state index is 14.0. The lowest BCUT2D eigenvalue weighted by Crippen LogP contribution is -2.54. The first kappa shape index (κ1) is 19.0. The third-order valence-electron chi connectivity index (χ3n) is 5.95. The smallest absolute Gasteiger partial charge is 0.250 e. The van der Waals surface area contributed by atoms with E-state index < -0.39 is 53.1 Å². The SMILES string of the molecule is COCCCN1C(=O)[C@@H]2[C@@H]([C@H](C)O)N[C@@]3(C(=O)Nc4ccc(F)cc43)[C@@H]2C1=O. The van der Waals surface area contributed by atoms with Crippen molar-refractivity contribution in [2.24, 2.45) is 11.8 Å². The lowest BCUT2D eigenvalue weighted by molar-refractivity contribution is -0.143. The monoisotopic (exact) mass is 391 g/mol. The predicted octanol–water partition coefficient (Wildman–Crippen LogP) is -0.0366. The van der Waals surface area contributed by atoms with Crippen LogP contribution < -0.4 is 10.6 Å². The van der Waals surface area contributed by atoms with Crippen LogP contribution in [0, 0.1) is 17.7 Å². The molecule has 1 aromatic carbocycles. The first-order valence-corrected chi connectivity index (χ1v) is 9.24. The van der Waals surface area contributed by atoms with Gasteiger partial charge in [0, 0.05) is 37.6 Å². The summed E-state index contributed by atoms with van der Waals surface area (Å²) in [5.41, 5.74) is -0.913. The lowest BCUT2D eigenvalue weighted by Gasteiger charge is -2.30. The van der Waals surface area contributed by atoms with E-state index in [1.807, 2.05) is 0 Å². The van der Waals surface area contributed by atoms with Crippen molar-refractivity contribution in [2.75, 3.05) is 25.6 Å². The number of methoxy groups -OCH3 is 1. The van der Waals surface area contributed by atoms with Crippen molar-refractivity contribution >= 4 is 23.4 Å². The van der Waals surface area contributed by atoms with Gasteiger partial charge in [-0.15, -0.1) is 0 Å². The molecule has 9 heteroatoms. The zero-order valence-corrected chi connectivity index (χ0v) is 15.6. The Labute approximate surface area is 161 Å². The van der Waals surface area contributed by atoms with Gasteiger partial charge in [-0.25, -0.2) is 4.39 Å². The number of benzene rings is 1. The Morgan fingerprint density at radius 2 is 2.07 bits per heavy atom. The van der Waals surface area contributed by atoms with Crippen LogP contribution in [0.1, 0.15) is 18.9 Å². The number of ether oxygens (including phenoxy) is 1. The molecule has 3 aliphatic heterocycles. The van der Waals surface area contributed by atoms with Crippen LogP contribution in [-0.4, -0.2) is 60.1 Å². The van der Waals surface area contributed by atoms with Crippen molar-refractivity contribution in [3.63, 3.8) is 0 Å². The molecule has 150 valence electrons. The number of halogens is 1. The number of hydrogen-bond acceptors (Lipinski definition) is 6. The van der Waals surface area contributed by atoms with Gasteiger partial charge in [0.15, 0.2) is 0 Å². The molecule has 2 fully saturated rings. The average molecular weight is 391 g/mol. The Hall–Kier alpha value is -2.36. The van der Waals surface area contributed by atoms with Gasteiger partial charge in [-0.1, -0.05) is 0 Å². The van der Waals surface area contributed by atoms with Gasteiger partial charge in [0.1, 0.15) is 11.4 Å². The number of carbonyl (C=O) groups is 3. The van der Waals surface area contributed by atoms with E-state index in [2.05, 4.69) is 10.6 Å². The fraction of sp³-hybridized carbons (Fsp3) is 0.526. The van der Waals surface area contributed by atoms with Gasteiger partial charge in [0.25, 0.3) is 0 Å². The van der Waals surface area contributed by atoms with Crippen LogP contribution in [0.4, 0.5) is 10.1 Å². The molecule has 0 aromatic heterocycles. The summed E-state index contributed by atoms with van der Waals surface area (Å²) >= 11 is 0. The van der Waals surface area contributed by atoms with Crippen molar-refractivity contribution in [3.05, 3.63) is 29.6 Å². The first-order chi connectivity index (χ1) is 13.3. The molecule has 3 aliphatic rings. The number of nitrogens with zero attached hydrogens (tertiary/aromatic N) is 1. The minimum absolute atomic E-state index is 0.165. The van der Waals surface area contributed by atoms with E-state index in [-0.39, 0.29) is 12.1 Å². The largest absolute Gasteiger partial charge is 0.392 e. The van der Waals surface area contributed by atoms with Gasteiger partial charge in [0.2, 0.25) is 17.7 Å². The number of fused-ring (bicyclic) bond motifs is 4. The van der Waals surface area contributed by atoms with E-state index in [4.69, 9.17) is 4.74 Å². The molecule has 8 nitrogen and oxygen atoms in total. The van der Waals surface area contributed by atoms with Gasteiger partial charge < -0.3 is 15.2 Å². The second-order valence-corrected chi connectivity index (χ2v) is 7.54. The summed E-state index contributed by atoms with van der Waals surface area (Å²) in [7, 11) is 1.53. The number of aliphatic hydroxyl groups is 1. The van der Waals surface area contributed by atoms with Crippen LogP contribution in [0.3, 0.4) is 0 Å². The normalized spacial score (nSPS) is 32.1. The highest BCUT2D eigenvalue weighted by Crippen LogP contribution is 2.53. The Balaban J connectivity index is 1.81. The molecular formula is C19H22FN3O5. The van der Waals surface area contributed by atoms with Gasteiger partial charge in [-0.3, -0.25) is 24.6 Å². The Morgan fingerprint density at radius 1 is 1.32 bits per heavy atom. The lowest BCUT2D eigenvalue weighted by atomic mass is 9.76. The number of rotatable bonds is 5. The highest BCUT2D eigenvalue weighted by molar-refractivity contribution is 6.15. The third-order valence-corrected chi connectivity index (χ3v) is 5.95. The number of amides is 3. The molecule has 0 radical (unpaired) electrons. The van der Waals surface area contributed by atoms with E-state index in [0.29, 0.717) is 18.7 Å². The van der Waals surface area contributed by atoms with E-state index >= 15 is 0 Å². The van der Waals surface area contributed by atoms with Crippen molar-refractivity contribution in [3.8, 4) is 0 Å². The van der Waals surface area contributed by atoms with Gasteiger partial charge in [-0.05, 0) is 31.5 Å². The van der Waals surface area contributed by atoms with Crippen molar-refractivity contribution in [2.45, 2.75) is 31.0 Å². The standard InChI is InChI=1S/C19H22FN3O5/c1-9(24)15-13-14(17(26)23(16(13)25)6-3-7-28-2)19(22-15)11-8-10(20)4-5-12(11)21-18(19)27/h4-5,8-9,13-15,22,24H,3,6-7H2,1-2H3,(H,21,27)/t9-,13-,14-,15+,19+/m0/s1. The highest BCUT2D eigenvalue weighted by Gasteiger charge is 2.71. The number of aliphatic hydroxyl groups excluding tert-OH is 1. The number of likely N-dealkylation sites (tertiary alicyclic amines) is 1. The number of carbonyl (C=O) groups excluding carboxylic acids is 3. The van der Waals surface area contributed by atoms with Crippen LogP contribution in [-0.2, 0) is 24.7 Å². The predicted molar refractivity (Wildman–Crippen MR) is 95.5 cm³/mol. The molecule has 4 rings (SSSR count). The average Bonchev–Trinajstić information content (AvgIpc) is 3.23. The summed E-state index contributed by atoms with van der Waals surface area (Å²) in [6, 6.07) is 3.04. The maximum atomic E-state index is 14.0. The minimum atomic E-state index is -1.59. The highest BCUT2D eigenvalue weighted by atomic mass is 19.1. The first-order valence-electron chi connectivity index (χ1n) is 9.24. The zero-order chi connectivity index (χ0) is 20.2. The molecule has 28 heavy (non-hydrogen) atoms. The summed E-state index contributed by atoms with van der Waals surface area (Å²) in [4.78, 5) is 40.4. The van der Waals surface area contributed by atoms with Crippen molar-refractivity contribution in [1.29, 1.82) is 0 Å². The maximum Gasteiger partial charge on any atom is 0.250 e. The molecule has 5 atom stereocenters. The third kappa shape index (κ3) is 2.43. The van der Waals surface area contributed by atoms with E-state index in [9.17, 15) is 23.9 Å². The molecule has 3 amide bonds. The summed E-state index contributed by atoms with van der Waals surface area (Å²) in [6.07, 6.45) is -0.530. The molecule has 0 saturated carbocycles. The van der Waals surface area contributed by atoms with Gasteiger partial charge in [0.05, 0.1) is 17.9 Å². The fourth-order valence-electron chi connectivity index (χ4n) is 4.77. The molecule has 0 unspecified atom stereocenters. The molecular weight excluding hydrogens is 369 g/mol. The molecule has 0 aliphatic carbocycles. The molecule has 3 N–H and O–H groups in total. The van der Waals surface area contributed by atoms with Crippen LogP contribution in [0.5, 0.6) is 0 Å². The van der Waals surface area contributed by atoms with Crippen LogP contribution in [0.25, 0.3) is 0 Å².